The van der Waals surface area contributed by atoms with E-state index in [0.717, 1.165) is 0 Å². The molecule has 1 amide bonds. The number of rotatable bonds is 5. The highest BCUT2D eigenvalue weighted by Crippen LogP contribution is 2.26. The van der Waals surface area contributed by atoms with Gasteiger partial charge in [0.15, 0.2) is 0 Å². The molecule has 0 bridgehead atoms. The zero-order valence-corrected chi connectivity index (χ0v) is 14.0. The van der Waals surface area contributed by atoms with Crippen LogP contribution in [0.4, 0.5) is 5.69 Å². The van der Waals surface area contributed by atoms with Crippen molar-refractivity contribution in [2.24, 2.45) is 5.41 Å². The molecule has 0 saturated heterocycles. The van der Waals surface area contributed by atoms with E-state index in [1.165, 1.54) is 19.2 Å². The van der Waals surface area contributed by atoms with Crippen molar-refractivity contribution in [3.63, 3.8) is 0 Å². The van der Waals surface area contributed by atoms with Crippen LogP contribution in [0.3, 0.4) is 0 Å². The maximum atomic E-state index is 12.3. The number of amides is 1. The first-order chi connectivity index (χ1) is 9.51. The molecule has 6 nitrogen and oxygen atoms in total. The smallest absolute Gasteiger partial charge is 0.240 e. The first-order valence-electron chi connectivity index (χ1n) is 6.29. The van der Waals surface area contributed by atoms with Gasteiger partial charge in [0.1, 0.15) is 0 Å². The summed E-state index contributed by atoms with van der Waals surface area (Å²) in [6.07, 6.45) is 0. The molecular formula is C13H20ClN3O3S. The SMILES string of the molecule is CNC(=O)C(C)(C)CNS(=O)(=O)c1cc(N)c(Cl)cc1C. The van der Waals surface area contributed by atoms with Crippen LogP contribution in [0.1, 0.15) is 19.4 Å². The Balaban J connectivity index is 3.03. The van der Waals surface area contributed by atoms with Crippen LogP contribution in [0.15, 0.2) is 17.0 Å². The van der Waals surface area contributed by atoms with E-state index in [0.29, 0.717) is 10.6 Å². The number of nitrogens with two attached hydrogens (primary N) is 1. The normalized spacial score (nSPS) is 12.2. The molecule has 0 unspecified atom stereocenters. The summed E-state index contributed by atoms with van der Waals surface area (Å²) in [5.41, 5.74) is 5.46. The van der Waals surface area contributed by atoms with Crippen LogP contribution in [0.5, 0.6) is 0 Å². The molecule has 0 aliphatic rings. The standard InChI is InChI=1S/C13H20ClN3O3S/c1-8-5-9(14)10(15)6-11(8)21(19,20)17-7-13(2,3)12(18)16-4/h5-6,17H,7,15H2,1-4H3,(H,16,18). The Morgan fingerprint density at radius 1 is 1.38 bits per heavy atom. The van der Waals surface area contributed by atoms with Gasteiger partial charge in [-0.25, -0.2) is 13.1 Å². The topological polar surface area (TPSA) is 101 Å². The number of sulfonamides is 1. The van der Waals surface area contributed by atoms with Crippen LogP contribution in [-0.4, -0.2) is 27.9 Å². The fourth-order valence-electron chi connectivity index (χ4n) is 1.73. The monoisotopic (exact) mass is 333 g/mol. The van der Waals surface area contributed by atoms with Crippen molar-refractivity contribution >= 4 is 33.2 Å². The molecule has 21 heavy (non-hydrogen) atoms. The van der Waals surface area contributed by atoms with Crippen LogP contribution >= 0.6 is 11.6 Å². The van der Waals surface area contributed by atoms with Crippen molar-refractivity contribution in [3.8, 4) is 0 Å². The van der Waals surface area contributed by atoms with Crippen molar-refractivity contribution in [3.05, 3.63) is 22.7 Å². The molecule has 1 aromatic carbocycles. The van der Waals surface area contributed by atoms with Crippen LogP contribution in [0.2, 0.25) is 5.02 Å². The van der Waals surface area contributed by atoms with Crippen LogP contribution < -0.4 is 15.8 Å². The average Bonchev–Trinajstić information content (AvgIpc) is 2.39. The van der Waals surface area contributed by atoms with Gasteiger partial charge >= 0.3 is 0 Å². The van der Waals surface area contributed by atoms with Gasteiger partial charge in [0.05, 0.1) is 21.0 Å². The second-order valence-electron chi connectivity index (χ2n) is 5.43. The number of anilines is 1. The van der Waals surface area contributed by atoms with E-state index in [1.54, 1.807) is 20.8 Å². The number of hydrogen-bond donors (Lipinski definition) is 3. The second kappa shape index (κ2) is 6.21. The van der Waals surface area contributed by atoms with Gasteiger partial charge in [0.25, 0.3) is 0 Å². The molecule has 0 saturated carbocycles. The van der Waals surface area contributed by atoms with Crippen molar-refractivity contribution in [2.45, 2.75) is 25.7 Å². The summed E-state index contributed by atoms with van der Waals surface area (Å²) in [7, 11) is -2.27. The van der Waals surface area contributed by atoms with Gasteiger partial charge in [-0.3, -0.25) is 4.79 Å². The fraction of sp³-hybridized carbons (Fsp3) is 0.462. The molecule has 4 N–H and O–H groups in total. The Bertz CT molecular complexity index is 657. The van der Waals surface area contributed by atoms with E-state index in [4.69, 9.17) is 17.3 Å². The Morgan fingerprint density at radius 2 is 1.95 bits per heavy atom. The molecule has 1 aromatic rings. The van der Waals surface area contributed by atoms with Crippen molar-refractivity contribution in [1.29, 1.82) is 0 Å². The minimum atomic E-state index is -3.77. The number of carbonyl (C=O) groups excluding carboxylic acids is 1. The molecule has 0 atom stereocenters. The van der Waals surface area contributed by atoms with Gasteiger partial charge in [-0.15, -0.1) is 0 Å². The summed E-state index contributed by atoms with van der Waals surface area (Å²) in [6, 6.07) is 2.81. The van der Waals surface area contributed by atoms with E-state index in [2.05, 4.69) is 10.0 Å². The van der Waals surface area contributed by atoms with Gasteiger partial charge < -0.3 is 11.1 Å². The summed E-state index contributed by atoms with van der Waals surface area (Å²) < 4.78 is 27.1. The van der Waals surface area contributed by atoms with Crippen LogP contribution in [0.25, 0.3) is 0 Å². The van der Waals surface area contributed by atoms with Crippen molar-refractivity contribution < 1.29 is 13.2 Å². The highest BCUT2D eigenvalue weighted by atomic mass is 35.5. The van der Waals surface area contributed by atoms with Gasteiger partial charge in [0, 0.05) is 13.6 Å². The Morgan fingerprint density at radius 3 is 2.48 bits per heavy atom. The van der Waals surface area contributed by atoms with Crippen LogP contribution in [0, 0.1) is 12.3 Å². The Hall–Kier alpha value is -1.31. The van der Waals surface area contributed by atoms with Gasteiger partial charge in [-0.2, -0.15) is 0 Å². The van der Waals surface area contributed by atoms with Crippen molar-refractivity contribution in [1.82, 2.24) is 10.0 Å². The lowest BCUT2D eigenvalue weighted by atomic mass is 9.93. The number of carbonyl (C=O) groups is 1. The van der Waals surface area contributed by atoms with E-state index >= 15 is 0 Å². The zero-order valence-electron chi connectivity index (χ0n) is 12.5. The third-order valence-electron chi connectivity index (χ3n) is 3.13. The first kappa shape index (κ1) is 17.7. The maximum absolute atomic E-state index is 12.3. The predicted octanol–water partition coefficient (Wildman–Crippen LogP) is 1.28. The minimum Gasteiger partial charge on any atom is -0.397 e. The van der Waals surface area contributed by atoms with Crippen LogP contribution in [-0.2, 0) is 14.8 Å². The van der Waals surface area contributed by atoms with Gasteiger partial charge in [-0.05, 0) is 38.5 Å². The molecule has 1 rings (SSSR count). The first-order valence-corrected chi connectivity index (χ1v) is 8.15. The zero-order chi connectivity index (χ0) is 16.4. The number of hydrogen-bond acceptors (Lipinski definition) is 4. The number of nitrogen functional groups attached to an aromatic ring is 1. The van der Waals surface area contributed by atoms with E-state index in [9.17, 15) is 13.2 Å². The molecule has 118 valence electrons. The third kappa shape index (κ3) is 4.09. The van der Waals surface area contributed by atoms with Crippen molar-refractivity contribution in [2.75, 3.05) is 19.3 Å². The molecule has 0 radical (unpaired) electrons. The molecule has 0 spiro atoms. The summed E-state index contributed by atoms with van der Waals surface area (Å²) in [6.45, 7) is 4.90. The number of nitrogens with one attached hydrogen (secondary N) is 2. The highest BCUT2D eigenvalue weighted by molar-refractivity contribution is 7.89. The second-order valence-corrected chi connectivity index (χ2v) is 7.57. The maximum Gasteiger partial charge on any atom is 0.240 e. The summed E-state index contributed by atoms with van der Waals surface area (Å²) in [5, 5.41) is 2.80. The summed E-state index contributed by atoms with van der Waals surface area (Å²) >= 11 is 5.85. The minimum absolute atomic E-state index is 0.0308. The van der Waals surface area contributed by atoms with Gasteiger partial charge in [0.2, 0.25) is 15.9 Å². The summed E-state index contributed by atoms with van der Waals surface area (Å²) in [4.78, 5) is 11.7. The molecule has 0 heterocycles. The highest BCUT2D eigenvalue weighted by Gasteiger charge is 2.29. The number of benzene rings is 1. The van der Waals surface area contributed by atoms with E-state index in [-0.39, 0.29) is 23.0 Å². The van der Waals surface area contributed by atoms with E-state index in [1.807, 2.05) is 0 Å². The summed E-state index contributed by atoms with van der Waals surface area (Å²) in [5.74, 6) is -0.252. The molecule has 0 aromatic heterocycles. The Kier molecular flexibility index (Phi) is 5.25. The molecule has 0 aliphatic heterocycles. The number of aryl methyl sites for hydroxylation is 1. The average molecular weight is 334 g/mol. The molecule has 0 aliphatic carbocycles. The lowest BCUT2D eigenvalue weighted by Crippen LogP contribution is -2.43. The molecule has 8 heteroatoms. The quantitative estimate of drug-likeness (QED) is 0.706. The predicted molar refractivity (Wildman–Crippen MR) is 83.6 cm³/mol. The lowest BCUT2D eigenvalue weighted by molar-refractivity contribution is -0.128. The molecule has 0 fully saturated rings. The largest absolute Gasteiger partial charge is 0.397 e. The number of halogens is 1. The Labute approximate surface area is 130 Å². The fourth-order valence-corrected chi connectivity index (χ4v) is 3.42. The molecular weight excluding hydrogens is 314 g/mol. The third-order valence-corrected chi connectivity index (χ3v) is 5.00. The lowest BCUT2D eigenvalue weighted by Gasteiger charge is -2.23. The van der Waals surface area contributed by atoms with E-state index < -0.39 is 15.4 Å². The van der Waals surface area contributed by atoms with Gasteiger partial charge in [-0.1, -0.05) is 11.6 Å².